The summed E-state index contributed by atoms with van der Waals surface area (Å²) in [7, 11) is 0. The van der Waals surface area contributed by atoms with Gasteiger partial charge >= 0.3 is 0 Å². The zero-order valence-corrected chi connectivity index (χ0v) is 13.1. The average Bonchev–Trinajstić information content (AvgIpc) is 3.22. The Hall–Kier alpha value is -2.21. The molecule has 1 atom stereocenters. The normalized spacial score (nSPS) is 20.6. The molecule has 1 aromatic carbocycles. The summed E-state index contributed by atoms with van der Waals surface area (Å²) in [5.41, 5.74) is 3.45. The first-order valence-electron chi connectivity index (χ1n) is 8.03. The van der Waals surface area contributed by atoms with E-state index in [0.29, 0.717) is 31.5 Å². The maximum Gasteiger partial charge on any atom is 0.254 e. The fraction of sp³-hybridized carbons (Fsp3) is 0.471. The number of hydrogen-bond acceptors (Lipinski definition) is 5. The SMILES string of the molecule is Cc1nnc([C@@H]2CN(C(=O)c3ccc4c(c3)CCC4)CCO2)o1. The molecule has 120 valence electrons. The predicted molar refractivity (Wildman–Crippen MR) is 82.1 cm³/mol. The summed E-state index contributed by atoms with van der Waals surface area (Å²) >= 11 is 0. The summed E-state index contributed by atoms with van der Waals surface area (Å²) in [6.45, 7) is 3.24. The largest absolute Gasteiger partial charge is 0.423 e. The highest BCUT2D eigenvalue weighted by Crippen LogP contribution is 2.25. The van der Waals surface area contributed by atoms with E-state index in [1.165, 1.54) is 17.5 Å². The minimum Gasteiger partial charge on any atom is -0.423 e. The number of hydrogen-bond donors (Lipinski definition) is 0. The number of carbonyl (C=O) groups excluding carboxylic acids is 1. The van der Waals surface area contributed by atoms with Crippen LogP contribution in [0, 0.1) is 6.92 Å². The molecule has 1 amide bonds. The van der Waals surface area contributed by atoms with Gasteiger partial charge in [0.25, 0.3) is 5.91 Å². The Morgan fingerprint density at radius 1 is 1.26 bits per heavy atom. The van der Waals surface area contributed by atoms with Gasteiger partial charge in [-0.05, 0) is 42.5 Å². The lowest BCUT2D eigenvalue weighted by Crippen LogP contribution is -2.42. The summed E-state index contributed by atoms with van der Waals surface area (Å²) in [6, 6.07) is 6.08. The van der Waals surface area contributed by atoms with Crippen LogP contribution in [-0.4, -0.2) is 40.7 Å². The second-order valence-electron chi connectivity index (χ2n) is 6.11. The van der Waals surface area contributed by atoms with Crippen LogP contribution in [-0.2, 0) is 17.6 Å². The topological polar surface area (TPSA) is 68.5 Å². The van der Waals surface area contributed by atoms with Crippen LogP contribution in [0.15, 0.2) is 22.6 Å². The predicted octanol–water partition coefficient (Wildman–Crippen LogP) is 2.08. The van der Waals surface area contributed by atoms with Gasteiger partial charge in [-0.15, -0.1) is 10.2 Å². The number of morpholine rings is 1. The lowest BCUT2D eigenvalue weighted by atomic mass is 10.1. The van der Waals surface area contributed by atoms with Gasteiger partial charge in [0.1, 0.15) is 0 Å². The number of aromatic nitrogens is 2. The average molecular weight is 313 g/mol. The molecule has 0 bridgehead atoms. The lowest BCUT2D eigenvalue weighted by molar-refractivity contribution is -0.0349. The molecule has 0 unspecified atom stereocenters. The molecule has 6 heteroatoms. The third kappa shape index (κ3) is 2.74. The number of carbonyl (C=O) groups is 1. The molecule has 1 aromatic heterocycles. The number of rotatable bonds is 2. The van der Waals surface area contributed by atoms with Crippen LogP contribution in [0.2, 0.25) is 0 Å². The summed E-state index contributed by atoms with van der Waals surface area (Å²) in [4.78, 5) is 14.6. The Kier molecular flexibility index (Phi) is 3.61. The molecule has 2 heterocycles. The molecular formula is C17H19N3O3. The number of ether oxygens (including phenoxy) is 1. The van der Waals surface area contributed by atoms with Crippen molar-refractivity contribution in [3.8, 4) is 0 Å². The molecule has 2 aliphatic rings. The molecule has 4 rings (SSSR count). The van der Waals surface area contributed by atoms with E-state index in [9.17, 15) is 4.79 Å². The highest BCUT2D eigenvalue weighted by molar-refractivity contribution is 5.94. The Morgan fingerprint density at radius 2 is 2.13 bits per heavy atom. The Balaban J connectivity index is 1.51. The fourth-order valence-corrected chi connectivity index (χ4v) is 3.31. The summed E-state index contributed by atoms with van der Waals surface area (Å²) in [5.74, 6) is 0.990. The summed E-state index contributed by atoms with van der Waals surface area (Å²) < 4.78 is 11.1. The van der Waals surface area contributed by atoms with Crippen molar-refractivity contribution in [1.82, 2.24) is 15.1 Å². The van der Waals surface area contributed by atoms with Crippen molar-refractivity contribution in [1.29, 1.82) is 0 Å². The summed E-state index contributed by atoms with van der Waals surface area (Å²) in [5, 5.41) is 7.83. The van der Waals surface area contributed by atoms with E-state index in [1.54, 1.807) is 6.92 Å². The van der Waals surface area contributed by atoms with Crippen LogP contribution >= 0.6 is 0 Å². The van der Waals surface area contributed by atoms with Gasteiger partial charge in [-0.1, -0.05) is 6.07 Å². The van der Waals surface area contributed by atoms with Gasteiger partial charge in [0.2, 0.25) is 11.8 Å². The fourth-order valence-electron chi connectivity index (χ4n) is 3.31. The molecule has 1 saturated heterocycles. The first-order valence-corrected chi connectivity index (χ1v) is 8.03. The molecule has 0 saturated carbocycles. The van der Waals surface area contributed by atoms with Crippen LogP contribution in [0.4, 0.5) is 0 Å². The third-order valence-electron chi connectivity index (χ3n) is 4.52. The Labute approximate surface area is 134 Å². The van der Waals surface area contributed by atoms with Crippen LogP contribution in [0.5, 0.6) is 0 Å². The van der Waals surface area contributed by atoms with Crippen LogP contribution in [0.3, 0.4) is 0 Å². The molecule has 1 aliphatic heterocycles. The Bertz CT molecular complexity index is 740. The van der Waals surface area contributed by atoms with Crippen LogP contribution < -0.4 is 0 Å². The monoisotopic (exact) mass is 313 g/mol. The van der Waals surface area contributed by atoms with Gasteiger partial charge in [-0.2, -0.15) is 0 Å². The number of amides is 1. The molecular weight excluding hydrogens is 294 g/mol. The van der Waals surface area contributed by atoms with Gasteiger partial charge < -0.3 is 14.1 Å². The van der Waals surface area contributed by atoms with Crippen molar-refractivity contribution < 1.29 is 13.9 Å². The summed E-state index contributed by atoms with van der Waals surface area (Å²) in [6.07, 6.45) is 3.04. The maximum absolute atomic E-state index is 12.8. The maximum atomic E-state index is 12.8. The van der Waals surface area contributed by atoms with Gasteiger partial charge in [0.15, 0.2) is 6.10 Å². The number of aryl methyl sites for hydroxylation is 3. The highest BCUT2D eigenvalue weighted by Gasteiger charge is 2.29. The van der Waals surface area contributed by atoms with E-state index in [1.807, 2.05) is 17.0 Å². The van der Waals surface area contributed by atoms with Crippen LogP contribution in [0.25, 0.3) is 0 Å². The zero-order valence-electron chi connectivity index (χ0n) is 13.1. The van der Waals surface area contributed by atoms with Crippen molar-refractivity contribution in [2.24, 2.45) is 0 Å². The van der Waals surface area contributed by atoms with E-state index in [4.69, 9.17) is 9.15 Å². The van der Waals surface area contributed by atoms with Crippen LogP contribution in [0.1, 0.15) is 45.8 Å². The van der Waals surface area contributed by atoms with E-state index in [-0.39, 0.29) is 12.0 Å². The number of fused-ring (bicyclic) bond motifs is 1. The Morgan fingerprint density at radius 3 is 2.96 bits per heavy atom. The first-order chi connectivity index (χ1) is 11.2. The van der Waals surface area contributed by atoms with Gasteiger partial charge in [-0.25, -0.2) is 0 Å². The van der Waals surface area contributed by atoms with Gasteiger partial charge in [-0.3, -0.25) is 4.79 Å². The second kappa shape index (κ2) is 5.77. The quantitative estimate of drug-likeness (QED) is 0.849. The molecule has 23 heavy (non-hydrogen) atoms. The molecule has 0 N–H and O–H groups in total. The molecule has 2 aromatic rings. The van der Waals surface area contributed by atoms with E-state index in [0.717, 1.165) is 18.4 Å². The zero-order chi connectivity index (χ0) is 15.8. The molecule has 1 aliphatic carbocycles. The molecule has 0 radical (unpaired) electrons. The van der Waals surface area contributed by atoms with E-state index >= 15 is 0 Å². The smallest absolute Gasteiger partial charge is 0.254 e. The van der Waals surface area contributed by atoms with Crippen molar-refractivity contribution in [3.63, 3.8) is 0 Å². The van der Waals surface area contributed by atoms with Gasteiger partial charge in [0.05, 0.1) is 13.2 Å². The lowest BCUT2D eigenvalue weighted by Gasteiger charge is -2.31. The molecule has 0 spiro atoms. The molecule has 1 fully saturated rings. The molecule has 6 nitrogen and oxygen atoms in total. The minimum atomic E-state index is -0.344. The standard InChI is InChI=1S/C17H19N3O3/c1-11-18-19-16(23-11)15-10-20(7-8-22-15)17(21)14-6-5-12-3-2-4-13(12)9-14/h5-6,9,15H,2-4,7-8,10H2,1H3/t15-/m0/s1. The van der Waals surface area contributed by atoms with Gasteiger partial charge in [0, 0.05) is 19.0 Å². The van der Waals surface area contributed by atoms with E-state index < -0.39 is 0 Å². The highest BCUT2D eigenvalue weighted by atomic mass is 16.5. The first kappa shape index (κ1) is 14.4. The van der Waals surface area contributed by atoms with E-state index in [2.05, 4.69) is 16.3 Å². The number of benzene rings is 1. The third-order valence-corrected chi connectivity index (χ3v) is 4.52. The number of nitrogens with zero attached hydrogens (tertiary/aromatic N) is 3. The van der Waals surface area contributed by atoms with Crippen molar-refractivity contribution >= 4 is 5.91 Å². The minimum absolute atomic E-state index is 0.0456. The second-order valence-corrected chi connectivity index (χ2v) is 6.11. The van der Waals surface area contributed by atoms with Crippen molar-refractivity contribution in [2.75, 3.05) is 19.7 Å². The van der Waals surface area contributed by atoms with Crippen molar-refractivity contribution in [3.05, 3.63) is 46.7 Å². The van der Waals surface area contributed by atoms with Crippen molar-refractivity contribution in [2.45, 2.75) is 32.3 Å².